The maximum atomic E-state index is 12.1. The Labute approximate surface area is 116 Å². The molecule has 0 spiro atoms. The van der Waals surface area contributed by atoms with Crippen molar-refractivity contribution >= 4 is 23.4 Å². The summed E-state index contributed by atoms with van der Waals surface area (Å²) >= 11 is 6.11. The molecule has 1 aliphatic heterocycles. The van der Waals surface area contributed by atoms with E-state index in [0.717, 1.165) is 6.42 Å². The Kier molecular flexibility index (Phi) is 3.80. The van der Waals surface area contributed by atoms with Crippen molar-refractivity contribution in [2.24, 2.45) is 0 Å². The summed E-state index contributed by atoms with van der Waals surface area (Å²) in [5.74, 6) is -1.33. The Morgan fingerprint density at radius 2 is 2.26 bits per heavy atom. The van der Waals surface area contributed by atoms with Gasteiger partial charge < -0.3 is 9.84 Å². The Morgan fingerprint density at radius 3 is 2.84 bits per heavy atom. The zero-order chi connectivity index (χ0) is 14.2. The van der Waals surface area contributed by atoms with Crippen LogP contribution >= 0.6 is 11.6 Å². The summed E-state index contributed by atoms with van der Waals surface area (Å²) in [4.78, 5) is 23.1. The number of hydrogen-bond acceptors (Lipinski definition) is 3. The van der Waals surface area contributed by atoms with E-state index in [4.69, 9.17) is 21.4 Å². The molecule has 1 N–H and O–H groups in total. The third kappa shape index (κ3) is 2.59. The number of ether oxygens (including phenoxy) is 1. The maximum Gasteiger partial charge on any atom is 0.310 e. The number of carbonyl (C=O) groups excluding carboxylic acids is 1. The Hall–Kier alpha value is -1.55. The molecule has 0 saturated carbocycles. The molecule has 0 aromatic heterocycles. The van der Waals surface area contributed by atoms with Crippen molar-refractivity contribution in [3.05, 3.63) is 28.3 Å². The van der Waals surface area contributed by atoms with E-state index in [1.807, 2.05) is 6.92 Å². The van der Waals surface area contributed by atoms with Gasteiger partial charge in [0.25, 0.3) is 0 Å². The lowest BCUT2D eigenvalue weighted by atomic mass is 9.93. The van der Waals surface area contributed by atoms with Gasteiger partial charge >= 0.3 is 5.97 Å². The van der Waals surface area contributed by atoms with Gasteiger partial charge in [0.05, 0.1) is 16.5 Å². The van der Waals surface area contributed by atoms with Gasteiger partial charge in [-0.05, 0) is 31.0 Å². The van der Waals surface area contributed by atoms with Gasteiger partial charge in [0.15, 0.2) is 5.78 Å². The van der Waals surface area contributed by atoms with Crippen molar-refractivity contribution in [3.8, 4) is 5.75 Å². The highest BCUT2D eigenvalue weighted by atomic mass is 35.5. The van der Waals surface area contributed by atoms with Gasteiger partial charge in [0.1, 0.15) is 11.9 Å². The van der Waals surface area contributed by atoms with Crippen molar-refractivity contribution in [2.75, 3.05) is 0 Å². The van der Waals surface area contributed by atoms with Crippen LogP contribution in [0.4, 0.5) is 0 Å². The van der Waals surface area contributed by atoms with Crippen LogP contribution in [0.5, 0.6) is 5.75 Å². The van der Waals surface area contributed by atoms with Gasteiger partial charge in [-0.1, -0.05) is 18.5 Å². The van der Waals surface area contributed by atoms with Crippen LogP contribution in [0.2, 0.25) is 5.02 Å². The van der Waals surface area contributed by atoms with Gasteiger partial charge in [-0.2, -0.15) is 0 Å². The first-order valence-corrected chi connectivity index (χ1v) is 6.58. The first kappa shape index (κ1) is 13.9. The van der Waals surface area contributed by atoms with E-state index < -0.39 is 11.9 Å². The van der Waals surface area contributed by atoms with Crippen molar-refractivity contribution in [1.29, 1.82) is 0 Å². The molecule has 19 heavy (non-hydrogen) atoms. The van der Waals surface area contributed by atoms with Crippen LogP contribution in [0.25, 0.3) is 0 Å². The highest BCUT2D eigenvalue weighted by Gasteiger charge is 2.29. The number of benzene rings is 1. The number of fused-ring (bicyclic) bond motifs is 1. The second-order valence-electron chi connectivity index (χ2n) is 4.71. The second-order valence-corrected chi connectivity index (χ2v) is 5.12. The number of aliphatic carboxylic acids is 1. The number of carboxylic acid groups (broad SMARTS) is 1. The smallest absolute Gasteiger partial charge is 0.310 e. The average Bonchev–Trinajstić information content (AvgIpc) is 2.38. The summed E-state index contributed by atoms with van der Waals surface area (Å²) in [6.45, 7) is 3.50. The monoisotopic (exact) mass is 282 g/mol. The maximum absolute atomic E-state index is 12.1. The second kappa shape index (κ2) is 5.21. The van der Waals surface area contributed by atoms with Gasteiger partial charge in [0, 0.05) is 6.42 Å². The Morgan fingerprint density at radius 1 is 1.58 bits per heavy atom. The quantitative estimate of drug-likeness (QED) is 0.924. The highest BCUT2D eigenvalue weighted by molar-refractivity contribution is 6.33. The molecule has 2 rings (SSSR count). The number of Topliss-reactive ketones (excluding diaryl/α,β-unsaturated/α-hetero) is 1. The predicted molar refractivity (Wildman–Crippen MR) is 71.2 cm³/mol. The van der Waals surface area contributed by atoms with E-state index in [1.54, 1.807) is 19.1 Å². The van der Waals surface area contributed by atoms with E-state index in [1.165, 1.54) is 0 Å². The fraction of sp³-hybridized carbons (Fsp3) is 0.429. The van der Waals surface area contributed by atoms with Crippen molar-refractivity contribution in [2.45, 2.75) is 38.7 Å². The van der Waals surface area contributed by atoms with Crippen LogP contribution < -0.4 is 4.74 Å². The lowest BCUT2D eigenvalue weighted by Crippen LogP contribution is -2.26. The van der Waals surface area contributed by atoms with Crippen molar-refractivity contribution in [3.63, 3.8) is 0 Å². The zero-order valence-electron chi connectivity index (χ0n) is 10.8. The fourth-order valence-corrected chi connectivity index (χ4v) is 2.36. The topological polar surface area (TPSA) is 63.6 Å². The first-order valence-electron chi connectivity index (χ1n) is 6.20. The summed E-state index contributed by atoms with van der Waals surface area (Å²) in [6.07, 6.45) is 0.889. The van der Waals surface area contributed by atoms with E-state index in [0.29, 0.717) is 28.3 Å². The van der Waals surface area contributed by atoms with Crippen LogP contribution in [0, 0.1) is 0 Å². The molecule has 0 aliphatic carbocycles. The predicted octanol–water partition coefficient (Wildman–Crippen LogP) is 3.27. The molecule has 0 bridgehead atoms. The Bertz CT molecular complexity index is 538. The normalized spacial score (nSPS) is 19.5. The first-order chi connectivity index (χ1) is 8.93. The van der Waals surface area contributed by atoms with Crippen molar-refractivity contribution < 1.29 is 19.4 Å². The largest absolute Gasteiger partial charge is 0.488 e. The minimum Gasteiger partial charge on any atom is -0.488 e. The van der Waals surface area contributed by atoms with Crippen LogP contribution in [-0.4, -0.2) is 23.0 Å². The van der Waals surface area contributed by atoms with Gasteiger partial charge in [-0.15, -0.1) is 0 Å². The van der Waals surface area contributed by atoms with E-state index in [2.05, 4.69) is 0 Å². The van der Waals surface area contributed by atoms with Crippen molar-refractivity contribution in [1.82, 2.24) is 0 Å². The molecular formula is C14H15ClO4. The number of rotatable bonds is 3. The number of carbonyl (C=O) groups is 2. The minimum atomic E-state index is -0.952. The molecule has 0 amide bonds. The van der Waals surface area contributed by atoms with Gasteiger partial charge in [0.2, 0.25) is 0 Å². The zero-order valence-corrected chi connectivity index (χ0v) is 11.5. The molecular weight excluding hydrogens is 268 g/mol. The molecule has 4 nitrogen and oxygen atoms in total. The lowest BCUT2D eigenvalue weighted by Gasteiger charge is -2.26. The van der Waals surface area contributed by atoms with E-state index in [9.17, 15) is 9.59 Å². The molecule has 0 radical (unpaired) electrons. The third-order valence-corrected chi connectivity index (χ3v) is 3.67. The summed E-state index contributed by atoms with van der Waals surface area (Å²) < 4.78 is 5.68. The standard InChI is InChI=1S/C14H15ClO4/c1-3-9-6-12(16)10-4-8(7(2)14(17)18)5-11(15)13(10)19-9/h4-5,7,9H,3,6H2,1-2H3,(H,17,18). The fourth-order valence-electron chi connectivity index (χ4n) is 2.09. The molecule has 0 fully saturated rings. The third-order valence-electron chi connectivity index (χ3n) is 3.39. The molecule has 102 valence electrons. The SMILES string of the molecule is CCC1CC(=O)c2cc(C(C)C(=O)O)cc(Cl)c2O1. The minimum absolute atomic E-state index is 0.0468. The molecule has 2 unspecified atom stereocenters. The molecule has 2 atom stereocenters. The number of hydrogen-bond donors (Lipinski definition) is 1. The van der Waals surface area contributed by atoms with Gasteiger partial charge in [-0.3, -0.25) is 9.59 Å². The Balaban J connectivity index is 2.47. The highest BCUT2D eigenvalue weighted by Crippen LogP contribution is 2.38. The molecule has 1 aromatic carbocycles. The molecule has 0 saturated heterocycles. The van der Waals surface area contributed by atoms with Crippen LogP contribution in [0.15, 0.2) is 12.1 Å². The summed E-state index contributed by atoms with van der Waals surface area (Å²) in [5.41, 5.74) is 0.906. The number of ketones is 1. The lowest BCUT2D eigenvalue weighted by molar-refractivity contribution is -0.138. The average molecular weight is 283 g/mol. The number of halogens is 1. The van der Waals surface area contributed by atoms with Crippen LogP contribution in [0.3, 0.4) is 0 Å². The summed E-state index contributed by atoms with van der Waals surface area (Å²) in [7, 11) is 0. The van der Waals surface area contributed by atoms with Crippen LogP contribution in [-0.2, 0) is 4.79 Å². The summed E-state index contributed by atoms with van der Waals surface area (Å²) in [6, 6.07) is 3.14. The van der Waals surface area contributed by atoms with Crippen LogP contribution in [0.1, 0.15) is 48.5 Å². The molecule has 1 aliphatic rings. The molecule has 5 heteroatoms. The molecule has 1 aromatic rings. The number of carboxylic acids is 1. The molecule has 1 heterocycles. The van der Waals surface area contributed by atoms with Gasteiger partial charge in [-0.25, -0.2) is 0 Å². The van der Waals surface area contributed by atoms with E-state index in [-0.39, 0.29) is 11.9 Å². The van der Waals surface area contributed by atoms with E-state index >= 15 is 0 Å². The summed E-state index contributed by atoms with van der Waals surface area (Å²) in [5, 5.41) is 9.32.